The number of aliphatic carboxylic acids is 1. The van der Waals surface area contributed by atoms with E-state index in [4.69, 9.17) is 62.6 Å². The van der Waals surface area contributed by atoms with Gasteiger partial charge in [-0.3, -0.25) is 14.4 Å². The fourth-order valence-corrected chi connectivity index (χ4v) is 13.0. The molecule has 0 spiro atoms. The lowest BCUT2D eigenvalue weighted by Crippen LogP contribution is -2.55. The molecule has 0 aromatic heterocycles. The monoisotopic (exact) mass is 1520 g/mol. The number of ketones is 1. The van der Waals surface area contributed by atoms with Gasteiger partial charge in [0.25, 0.3) is 0 Å². The highest BCUT2D eigenvalue weighted by atomic mass is 16.7. The molecular weight excluding hydrogens is 1410 g/mol. The van der Waals surface area contributed by atoms with Gasteiger partial charge in [0.1, 0.15) is 44.7 Å². The minimum atomic E-state index is -1.16. The normalized spacial score (nSPS) is 20.9. The van der Waals surface area contributed by atoms with E-state index in [0.29, 0.717) is 72.2 Å². The number of aliphatic hydroxyl groups excluding tert-OH is 4. The molecule has 592 valence electrons. The van der Waals surface area contributed by atoms with Crippen LogP contribution in [0.25, 0.3) is 22.3 Å². The number of carbonyl (C=O) groups is 6. The standard InChI is InChI=1S/C41H52N2O11.C24H21NO4.C16H32N2O8/c1-27-36(54-40(49-2)39(47)38(27)46)25-52-26-37(45)42-18-20-51-22-21-50-19-10-17-35(44)34(23-28-11-4-3-5-12-28)43-41(48)53-24-33-31-15-8-6-13-29(31)30-14-7-9-16-32(30)33;26-23(27)22(14-16-8-2-1-3-9-16)25-24(28)29-15-21-19-12-6-4-10-17(19)18-11-5-7-13-20(18)21;1-11-12(26-16(22-2)15(21)14(11)20)9-25-10-13(19)18-4-6-24-8-7-23-5-3-17/h3-9,11-16,27,33-34,36,38-40,46-47H,10,17-26H2,1-2H3,(H,42,45)(H,43,48);1-13,21-22H,14-15H2,(H,25,28)(H,26,27);11-12,14-16,20-21H,3-10,17H2,1-2H3,(H,18,19)/t27-,34+,36?,38+,39?,40-;22-;11-,12?,14+,15?,16-/m101/s1. The summed E-state index contributed by atoms with van der Waals surface area (Å²) >= 11 is 0. The van der Waals surface area contributed by atoms with Crippen LogP contribution in [0.15, 0.2) is 158 Å². The van der Waals surface area contributed by atoms with Crippen molar-refractivity contribution in [2.45, 2.75) is 113 Å². The molecule has 10 rings (SSSR count). The Hall–Kier alpha value is -8.66. The first kappa shape index (κ1) is 85.9. The van der Waals surface area contributed by atoms with Crippen molar-refractivity contribution >= 4 is 35.8 Å². The second kappa shape index (κ2) is 46.1. The zero-order valence-electron chi connectivity index (χ0n) is 62.1. The molecule has 0 radical (unpaired) electrons. The van der Waals surface area contributed by atoms with Crippen LogP contribution >= 0.6 is 0 Å². The van der Waals surface area contributed by atoms with Crippen LogP contribution in [-0.2, 0) is 88.9 Å². The lowest BCUT2D eigenvalue weighted by molar-refractivity contribution is -0.282. The van der Waals surface area contributed by atoms with Gasteiger partial charge >= 0.3 is 18.2 Å². The summed E-state index contributed by atoms with van der Waals surface area (Å²) in [5.41, 5.74) is 16.1. The van der Waals surface area contributed by atoms with Crippen LogP contribution in [0.2, 0.25) is 0 Å². The molecule has 2 saturated heterocycles. The molecule has 2 aliphatic heterocycles. The van der Waals surface area contributed by atoms with E-state index in [-0.39, 0.29) is 101 Å². The summed E-state index contributed by atoms with van der Waals surface area (Å²) in [5, 5.41) is 60.1. The molecule has 2 aliphatic carbocycles. The summed E-state index contributed by atoms with van der Waals surface area (Å²) in [4.78, 5) is 74.1. The number of benzene rings is 6. The molecule has 6 aromatic rings. The number of ether oxygens (including phenoxy) is 12. The third-order valence-corrected chi connectivity index (χ3v) is 19.0. The predicted molar refractivity (Wildman–Crippen MR) is 400 cm³/mol. The first-order valence-electron chi connectivity index (χ1n) is 36.8. The summed E-state index contributed by atoms with van der Waals surface area (Å²) in [5.74, 6) is -2.71. The number of carbonyl (C=O) groups excluding carboxylic acids is 5. The minimum absolute atomic E-state index is 0.0560. The number of alkyl carbamates (subject to hydrolysis) is 2. The van der Waals surface area contributed by atoms with E-state index >= 15 is 0 Å². The highest BCUT2D eigenvalue weighted by molar-refractivity contribution is 5.88. The average molecular weight is 1520 g/mol. The second-order valence-corrected chi connectivity index (χ2v) is 26.5. The quantitative estimate of drug-likeness (QED) is 0.0214. The summed E-state index contributed by atoms with van der Waals surface area (Å²) < 4.78 is 64.8. The molecule has 2 heterocycles. The molecule has 11 N–H and O–H groups in total. The third-order valence-electron chi connectivity index (χ3n) is 19.0. The first-order valence-corrected chi connectivity index (χ1v) is 36.8. The molecule has 0 bridgehead atoms. The van der Waals surface area contributed by atoms with Crippen molar-refractivity contribution in [3.05, 3.63) is 191 Å². The number of nitrogens with one attached hydrogen (secondary N) is 4. The van der Waals surface area contributed by atoms with Crippen LogP contribution < -0.4 is 27.0 Å². The Balaban J connectivity index is 0.000000228. The van der Waals surface area contributed by atoms with Crippen molar-refractivity contribution in [3.8, 4) is 22.3 Å². The van der Waals surface area contributed by atoms with Gasteiger partial charge in [0, 0.05) is 77.0 Å². The van der Waals surface area contributed by atoms with Gasteiger partial charge in [0.15, 0.2) is 18.4 Å². The van der Waals surface area contributed by atoms with Gasteiger partial charge in [-0.1, -0.05) is 172 Å². The number of hydrogen-bond donors (Lipinski definition) is 10. The average Bonchev–Trinajstić information content (AvgIpc) is 1.62. The number of amides is 4. The van der Waals surface area contributed by atoms with Crippen LogP contribution in [0.5, 0.6) is 0 Å². The summed E-state index contributed by atoms with van der Waals surface area (Å²) in [6.07, 6.45) is -7.32. The molecule has 109 heavy (non-hydrogen) atoms. The SMILES string of the molecule is CO[C@@H]1OC(COCC(=O)NCCOCCOCCCC(=O)[C@H](Cc2ccccc2)NC(=O)OCC2c3ccccc3-c3ccccc32)[C@@H](C)[C@H](O)C1O.CO[C@@H]1OC(COCC(=O)NCCOCCOCCN)[C@@H](C)[C@H](O)C1O.O=C(N[C@@H](Cc1ccccc1)C(=O)O)OCC1c2ccccc2-c2ccccc21. The predicted octanol–water partition coefficient (Wildman–Crippen LogP) is 5.44. The molecule has 4 amide bonds. The molecule has 2 fully saturated rings. The van der Waals surface area contributed by atoms with Gasteiger partial charge in [0.2, 0.25) is 11.8 Å². The second-order valence-electron chi connectivity index (χ2n) is 26.5. The minimum Gasteiger partial charge on any atom is -0.480 e. The van der Waals surface area contributed by atoms with E-state index in [9.17, 15) is 54.3 Å². The number of fused-ring (bicyclic) bond motifs is 6. The Labute approximate surface area is 635 Å². The van der Waals surface area contributed by atoms with Crippen LogP contribution in [0, 0.1) is 11.8 Å². The van der Waals surface area contributed by atoms with E-state index in [1.165, 1.54) is 14.2 Å². The summed E-state index contributed by atoms with van der Waals surface area (Å²) in [6.45, 7) is 7.77. The maximum Gasteiger partial charge on any atom is 0.407 e. The molecule has 0 saturated carbocycles. The Morgan fingerprint density at radius 3 is 1.18 bits per heavy atom. The first-order chi connectivity index (χ1) is 52.9. The van der Waals surface area contributed by atoms with E-state index < -0.39 is 85.4 Å². The topological polar surface area (TPSA) is 388 Å². The summed E-state index contributed by atoms with van der Waals surface area (Å²) in [6, 6.07) is 49.3. The van der Waals surface area contributed by atoms with E-state index in [1.807, 2.05) is 121 Å². The van der Waals surface area contributed by atoms with Crippen molar-refractivity contribution in [2.24, 2.45) is 17.6 Å². The lowest BCUT2D eigenvalue weighted by atomic mass is 9.91. The zero-order valence-corrected chi connectivity index (χ0v) is 62.1. The van der Waals surface area contributed by atoms with Gasteiger partial charge in [-0.15, -0.1) is 0 Å². The Kier molecular flexibility index (Phi) is 36.4. The van der Waals surface area contributed by atoms with Crippen LogP contribution in [0.4, 0.5) is 9.59 Å². The Morgan fingerprint density at radius 1 is 0.440 bits per heavy atom. The van der Waals surface area contributed by atoms with Crippen molar-refractivity contribution in [2.75, 3.05) is 126 Å². The highest BCUT2D eigenvalue weighted by Crippen LogP contribution is 2.46. The largest absolute Gasteiger partial charge is 0.480 e. The molecule has 12 atom stereocenters. The fraction of sp³-hybridized carbons (Fsp3) is 0.481. The number of carboxylic acids is 1. The van der Waals surface area contributed by atoms with Crippen LogP contribution in [0.1, 0.15) is 71.9 Å². The van der Waals surface area contributed by atoms with Gasteiger partial charge < -0.3 is 109 Å². The van der Waals surface area contributed by atoms with Gasteiger partial charge in [-0.2, -0.15) is 0 Å². The summed E-state index contributed by atoms with van der Waals surface area (Å²) in [7, 11) is 2.76. The number of rotatable bonds is 40. The van der Waals surface area contributed by atoms with E-state index in [0.717, 1.165) is 55.6 Å². The molecule has 6 aromatic carbocycles. The van der Waals surface area contributed by atoms with Gasteiger partial charge in [-0.05, 0) is 68.5 Å². The van der Waals surface area contributed by atoms with Crippen LogP contribution in [0.3, 0.4) is 0 Å². The van der Waals surface area contributed by atoms with Crippen molar-refractivity contribution < 1.29 is 111 Å². The molecule has 28 nitrogen and oxygen atoms in total. The number of carboxylic acid groups (broad SMARTS) is 1. The van der Waals surface area contributed by atoms with Gasteiger partial charge in [0.05, 0.1) is 89.9 Å². The third kappa shape index (κ3) is 26.5. The van der Waals surface area contributed by atoms with E-state index in [1.54, 1.807) is 13.8 Å². The molecule has 4 unspecified atom stereocenters. The van der Waals surface area contributed by atoms with Crippen molar-refractivity contribution in [1.29, 1.82) is 0 Å². The molecule has 28 heteroatoms. The van der Waals surface area contributed by atoms with Crippen molar-refractivity contribution in [3.63, 3.8) is 0 Å². The zero-order chi connectivity index (χ0) is 77.9. The number of Topliss-reactive ketones (excluding diaryl/α,β-unsaturated/α-hetero) is 1. The number of nitrogens with two attached hydrogens (primary N) is 1. The maximum atomic E-state index is 13.3. The Bertz CT molecular complexity index is 3650. The van der Waals surface area contributed by atoms with Crippen molar-refractivity contribution in [1.82, 2.24) is 21.3 Å². The molecule has 4 aliphatic rings. The smallest absolute Gasteiger partial charge is 0.407 e. The Morgan fingerprint density at radius 2 is 0.798 bits per heavy atom. The number of methoxy groups -OCH3 is 2. The highest BCUT2D eigenvalue weighted by Gasteiger charge is 2.44. The fourth-order valence-electron chi connectivity index (χ4n) is 13.0. The number of aliphatic hydroxyl groups is 4. The number of hydrogen-bond acceptors (Lipinski definition) is 23. The maximum absolute atomic E-state index is 13.3. The lowest BCUT2D eigenvalue weighted by Gasteiger charge is -2.40. The molecular formula is C81H105N5O23. The van der Waals surface area contributed by atoms with Crippen LogP contribution in [-0.4, -0.2) is 249 Å². The van der Waals surface area contributed by atoms with E-state index in [2.05, 4.69) is 57.7 Å². The van der Waals surface area contributed by atoms with Gasteiger partial charge in [-0.25, -0.2) is 14.4 Å².